The van der Waals surface area contributed by atoms with E-state index in [9.17, 15) is 9.59 Å². The van der Waals surface area contributed by atoms with E-state index in [1.807, 2.05) is 19.1 Å². The molecule has 1 aromatic carbocycles. The van der Waals surface area contributed by atoms with E-state index in [4.69, 9.17) is 4.74 Å². The summed E-state index contributed by atoms with van der Waals surface area (Å²) in [5.41, 5.74) is 3.28. The fourth-order valence-corrected chi connectivity index (χ4v) is 5.63. The summed E-state index contributed by atoms with van der Waals surface area (Å²) >= 11 is 1.67. The number of ketones is 1. The standard InChI is InChI=1S/C21H21NO3S/c1-11-13-7-4-5-10-16(13)26-20(11)19-17(21(24)25-3)12(2)22-14-8-6-9-15(23)18(14)19/h4-5,7,10,18-19H,6,8-9H2,1-3H3/t18?,19-/m1/s1. The van der Waals surface area contributed by atoms with Crippen molar-refractivity contribution in [3.05, 3.63) is 46.0 Å². The molecule has 0 N–H and O–H groups in total. The molecule has 5 heteroatoms. The second-order valence-corrected chi connectivity index (χ2v) is 8.04. The van der Waals surface area contributed by atoms with Crippen LogP contribution < -0.4 is 0 Å². The molecule has 4 nitrogen and oxygen atoms in total. The molecule has 1 unspecified atom stereocenters. The van der Waals surface area contributed by atoms with E-state index in [0.29, 0.717) is 17.7 Å². The molecule has 0 bridgehead atoms. The smallest absolute Gasteiger partial charge is 0.336 e. The van der Waals surface area contributed by atoms with Gasteiger partial charge in [-0.25, -0.2) is 4.79 Å². The number of benzene rings is 1. The maximum absolute atomic E-state index is 12.9. The van der Waals surface area contributed by atoms with Gasteiger partial charge in [0, 0.05) is 33.3 Å². The lowest BCUT2D eigenvalue weighted by molar-refractivity contribution is -0.136. The lowest BCUT2D eigenvalue weighted by atomic mass is 9.71. The maximum atomic E-state index is 12.9. The van der Waals surface area contributed by atoms with Crippen molar-refractivity contribution in [3.8, 4) is 0 Å². The summed E-state index contributed by atoms with van der Waals surface area (Å²) in [7, 11) is 1.39. The van der Waals surface area contributed by atoms with Gasteiger partial charge in [-0.2, -0.15) is 0 Å². The fourth-order valence-electron chi connectivity index (χ4n) is 4.27. The number of methoxy groups -OCH3 is 1. The Kier molecular flexibility index (Phi) is 4.27. The molecule has 1 aliphatic carbocycles. The van der Waals surface area contributed by atoms with Gasteiger partial charge in [0.25, 0.3) is 0 Å². The van der Waals surface area contributed by atoms with E-state index in [0.717, 1.165) is 29.0 Å². The number of Topliss-reactive ketones (excluding diaryl/α,β-unsaturated/α-hetero) is 1. The van der Waals surface area contributed by atoms with Gasteiger partial charge in [0.15, 0.2) is 0 Å². The molecule has 1 fully saturated rings. The van der Waals surface area contributed by atoms with Gasteiger partial charge in [-0.05, 0) is 43.7 Å². The summed E-state index contributed by atoms with van der Waals surface area (Å²) in [6.07, 6.45) is 2.22. The average molecular weight is 367 g/mol. The number of carbonyl (C=O) groups excluding carboxylic acids is 2. The first-order valence-electron chi connectivity index (χ1n) is 8.90. The summed E-state index contributed by atoms with van der Waals surface area (Å²) in [6, 6.07) is 8.22. The molecule has 1 aromatic heterocycles. The first kappa shape index (κ1) is 17.2. The molecule has 1 saturated carbocycles. The van der Waals surface area contributed by atoms with Crippen LogP contribution in [0, 0.1) is 12.8 Å². The zero-order valence-corrected chi connectivity index (χ0v) is 16.0. The number of ether oxygens (including phenoxy) is 1. The third-order valence-corrected chi connectivity index (χ3v) is 6.83. The third-order valence-electron chi connectivity index (χ3n) is 5.48. The Labute approximate surface area is 156 Å². The molecule has 2 atom stereocenters. The topological polar surface area (TPSA) is 55.7 Å². The van der Waals surface area contributed by atoms with Crippen molar-refractivity contribution in [1.82, 2.24) is 0 Å². The van der Waals surface area contributed by atoms with Gasteiger partial charge in [-0.3, -0.25) is 9.79 Å². The van der Waals surface area contributed by atoms with Gasteiger partial charge in [0.1, 0.15) is 5.78 Å². The van der Waals surface area contributed by atoms with Crippen LogP contribution in [-0.4, -0.2) is 24.6 Å². The second kappa shape index (κ2) is 6.47. The SMILES string of the molecule is COC(=O)C1=C(C)N=C2CCCC(=O)C2[C@@H]1c1sc2ccccc2c1C. The van der Waals surface area contributed by atoms with Crippen LogP contribution in [0.3, 0.4) is 0 Å². The van der Waals surface area contributed by atoms with Crippen LogP contribution in [0.4, 0.5) is 0 Å². The summed E-state index contributed by atoms with van der Waals surface area (Å²) in [5.74, 6) is -0.829. The predicted octanol–water partition coefficient (Wildman–Crippen LogP) is 4.56. The predicted molar refractivity (Wildman–Crippen MR) is 104 cm³/mol. The maximum Gasteiger partial charge on any atom is 0.336 e. The molecular weight excluding hydrogens is 346 g/mol. The Bertz CT molecular complexity index is 982. The lowest BCUT2D eigenvalue weighted by Gasteiger charge is -2.35. The van der Waals surface area contributed by atoms with Crippen molar-refractivity contribution >= 4 is 38.9 Å². The van der Waals surface area contributed by atoms with Gasteiger partial charge in [-0.1, -0.05) is 18.2 Å². The van der Waals surface area contributed by atoms with Crippen molar-refractivity contribution in [1.29, 1.82) is 0 Å². The summed E-state index contributed by atoms with van der Waals surface area (Å²) in [6.45, 7) is 3.93. The highest BCUT2D eigenvalue weighted by Crippen LogP contribution is 2.48. The molecule has 2 aliphatic rings. The molecule has 26 heavy (non-hydrogen) atoms. The van der Waals surface area contributed by atoms with Gasteiger partial charge < -0.3 is 4.74 Å². The van der Waals surface area contributed by atoms with Crippen LogP contribution in [0.5, 0.6) is 0 Å². The number of rotatable bonds is 2. The lowest BCUT2D eigenvalue weighted by Crippen LogP contribution is -2.38. The van der Waals surface area contributed by atoms with E-state index < -0.39 is 0 Å². The number of allylic oxidation sites excluding steroid dienone is 1. The molecule has 4 rings (SSSR count). The van der Waals surface area contributed by atoms with Crippen LogP contribution in [0.15, 0.2) is 40.5 Å². The van der Waals surface area contributed by atoms with E-state index in [1.165, 1.54) is 17.2 Å². The Balaban J connectivity index is 1.97. The van der Waals surface area contributed by atoms with Gasteiger partial charge in [0.05, 0.1) is 18.6 Å². The number of hydrogen-bond acceptors (Lipinski definition) is 5. The molecule has 1 aliphatic heterocycles. The molecule has 0 saturated heterocycles. The number of aliphatic imine (C=N–C) groups is 1. The van der Waals surface area contributed by atoms with E-state index in [2.05, 4.69) is 24.0 Å². The highest BCUT2D eigenvalue weighted by Gasteiger charge is 2.44. The Morgan fingerprint density at radius 3 is 2.69 bits per heavy atom. The highest BCUT2D eigenvalue weighted by molar-refractivity contribution is 7.19. The van der Waals surface area contributed by atoms with Crippen LogP contribution >= 0.6 is 11.3 Å². The highest BCUT2D eigenvalue weighted by atomic mass is 32.1. The summed E-state index contributed by atoms with van der Waals surface area (Å²) in [4.78, 5) is 31.2. The van der Waals surface area contributed by atoms with Crippen molar-refractivity contribution in [2.75, 3.05) is 7.11 Å². The number of nitrogens with zero attached hydrogens (tertiary/aromatic N) is 1. The minimum atomic E-state index is -0.384. The molecule has 2 heterocycles. The summed E-state index contributed by atoms with van der Waals surface area (Å²) in [5, 5.41) is 1.18. The number of esters is 1. The zero-order valence-electron chi connectivity index (χ0n) is 15.2. The minimum Gasteiger partial charge on any atom is -0.466 e. The molecule has 134 valence electrons. The molecule has 2 aromatic rings. The van der Waals surface area contributed by atoms with E-state index in [-0.39, 0.29) is 23.6 Å². The molecule has 0 amide bonds. The van der Waals surface area contributed by atoms with Crippen molar-refractivity contribution in [2.24, 2.45) is 10.9 Å². The van der Waals surface area contributed by atoms with Crippen molar-refractivity contribution in [2.45, 2.75) is 39.0 Å². The molecular formula is C21H21NO3S. The van der Waals surface area contributed by atoms with Gasteiger partial charge in [0.2, 0.25) is 0 Å². The first-order chi connectivity index (χ1) is 12.5. The molecule has 0 spiro atoms. The fraction of sp³-hybridized carbons (Fsp3) is 0.381. The Hall–Kier alpha value is -2.27. The first-order valence-corrected chi connectivity index (χ1v) is 9.72. The Morgan fingerprint density at radius 1 is 1.19 bits per heavy atom. The number of hydrogen-bond donors (Lipinski definition) is 0. The second-order valence-electron chi connectivity index (χ2n) is 6.96. The van der Waals surface area contributed by atoms with Crippen molar-refractivity contribution < 1.29 is 14.3 Å². The van der Waals surface area contributed by atoms with Gasteiger partial charge in [-0.15, -0.1) is 11.3 Å². The molecule has 0 radical (unpaired) electrons. The largest absolute Gasteiger partial charge is 0.466 e. The number of fused-ring (bicyclic) bond motifs is 2. The van der Waals surface area contributed by atoms with Crippen LogP contribution in [0.25, 0.3) is 10.1 Å². The van der Waals surface area contributed by atoms with E-state index in [1.54, 1.807) is 11.3 Å². The Morgan fingerprint density at radius 2 is 1.96 bits per heavy atom. The zero-order chi connectivity index (χ0) is 18.4. The number of carbonyl (C=O) groups is 2. The van der Waals surface area contributed by atoms with Gasteiger partial charge >= 0.3 is 5.97 Å². The monoisotopic (exact) mass is 367 g/mol. The normalized spacial score (nSPS) is 23.0. The van der Waals surface area contributed by atoms with Crippen LogP contribution in [-0.2, 0) is 14.3 Å². The average Bonchev–Trinajstić information content (AvgIpc) is 2.97. The summed E-state index contributed by atoms with van der Waals surface area (Å²) < 4.78 is 6.24. The van der Waals surface area contributed by atoms with Crippen LogP contribution in [0.1, 0.15) is 42.5 Å². The number of thiophene rings is 1. The van der Waals surface area contributed by atoms with E-state index >= 15 is 0 Å². The minimum absolute atomic E-state index is 0.186. The van der Waals surface area contributed by atoms with Crippen LogP contribution in [0.2, 0.25) is 0 Å². The number of aryl methyl sites for hydroxylation is 1. The van der Waals surface area contributed by atoms with Crippen molar-refractivity contribution in [3.63, 3.8) is 0 Å². The quantitative estimate of drug-likeness (QED) is 0.731. The third kappa shape index (κ3) is 2.53.